The number of rotatable bonds is 2. The van der Waals surface area contributed by atoms with E-state index in [1.54, 1.807) is 36.4 Å². The average molecular weight is 364 g/mol. The number of para-hydroxylation sites is 1. The Balaban J connectivity index is 1.62. The van der Waals surface area contributed by atoms with Gasteiger partial charge in [-0.05, 0) is 48.6 Å². The number of amides is 1. The lowest BCUT2D eigenvalue weighted by molar-refractivity contribution is 0.0918. The van der Waals surface area contributed by atoms with Crippen LogP contribution in [0.15, 0.2) is 52.9 Å². The SMILES string of the molecule is O=C(NNC(=S)Nc1ccccc1F)c1cc2cc(Cl)ccc2o1. The molecule has 0 aliphatic rings. The number of thiocarbonyl (C=S) groups is 1. The van der Waals surface area contributed by atoms with Gasteiger partial charge in [0.15, 0.2) is 10.9 Å². The van der Waals surface area contributed by atoms with Crippen molar-refractivity contribution in [1.29, 1.82) is 0 Å². The number of carbonyl (C=O) groups is 1. The first-order chi connectivity index (χ1) is 11.5. The predicted octanol–water partition coefficient (Wildman–Crippen LogP) is 3.86. The minimum absolute atomic E-state index is 0.0348. The van der Waals surface area contributed by atoms with Gasteiger partial charge in [-0.1, -0.05) is 23.7 Å². The maximum atomic E-state index is 13.5. The maximum absolute atomic E-state index is 13.5. The standard InChI is InChI=1S/C16H11ClFN3O2S/c17-10-5-6-13-9(7-10)8-14(23-13)15(22)20-21-16(24)19-12-4-2-1-3-11(12)18/h1-8H,(H,20,22)(H2,19,21,24). The van der Waals surface area contributed by atoms with Crippen LogP contribution >= 0.6 is 23.8 Å². The molecular weight excluding hydrogens is 353 g/mol. The minimum atomic E-state index is -0.528. The minimum Gasteiger partial charge on any atom is -0.451 e. The normalized spacial score (nSPS) is 10.4. The monoisotopic (exact) mass is 363 g/mol. The van der Waals surface area contributed by atoms with Crippen LogP contribution in [0.2, 0.25) is 5.02 Å². The number of fused-ring (bicyclic) bond motifs is 1. The lowest BCUT2D eigenvalue weighted by Crippen LogP contribution is -2.43. The van der Waals surface area contributed by atoms with Crippen molar-refractivity contribution in [3.63, 3.8) is 0 Å². The highest BCUT2D eigenvalue weighted by Gasteiger charge is 2.13. The van der Waals surface area contributed by atoms with E-state index in [1.807, 2.05) is 0 Å². The van der Waals surface area contributed by atoms with Crippen LogP contribution in [0, 0.1) is 5.82 Å². The van der Waals surface area contributed by atoms with E-state index in [9.17, 15) is 9.18 Å². The van der Waals surface area contributed by atoms with Gasteiger partial charge in [0, 0.05) is 10.4 Å². The molecule has 122 valence electrons. The summed E-state index contributed by atoms with van der Waals surface area (Å²) in [6.07, 6.45) is 0. The third-order valence-corrected chi connectivity index (χ3v) is 3.55. The molecule has 0 aliphatic heterocycles. The third-order valence-electron chi connectivity index (χ3n) is 3.11. The Morgan fingerprint density at radius 1 is 1.12 bits per heavy atom. The second kappa shape index (κ2) is 6.86. The summed E-state index contributed by atoms with van der Waals surface area (Å²) in [7, 11) is 0. The molecule has 0 fully saturated rings. The Kier molecular flexibility index (Phi) is 4.64. The number of hydrazine groups is 1. The molecule has 2 aromatic carbocycles. The fraction of sp³-hybridized carbons (Fsp3) is 0. The van der Waals surface area contributed by atoms with Crippen molar-refractivity contribution in [3.05, 3.63) is 65.1 Å². The van der Waals surface area contributed by atoms with Gasteiger partial charge in [-0.2, -0.15) is 0 Å². The molecule has 0 aliphatic carbocycles. The molecule has 3 aromatic rings. The number of hydrogen-bond donors (Lipinski definition) is 3. The second-order valence-electron chi connectivity index (χ2n) is 4.81. The van der Waals surface area contributed by atoms with Gasteiger partial charge >= 0.3 is 5.91 Å². The summed E-state index contributed by atoms with van der Waals surface area (Å²) >= 11 is 10.9. The van der Waals surface area contributed by atoms with Gasteiger partial charge in [0.1, 0.15) is 11.4 Å². The fourth-order valence-corrected chi connectivity index (χ4v) is 2.36. The molecule has 1 heterocycles. The van der Waals surface area contributed by atoms with Gasteiger partial charge in [0.05, 0.1) is 5.69 Å². The number of carbonyl (C=O) groups excluding carboxylic acids is 1. The number of furan rings is 1. The Morgan fingerprint density at radius 3 is 2.71 bits per heavy atom. The first kappa shape index (κ1) is 16.2. The van der Waals surface area contributed by atoms with Crippen LogP contribution in [-0.2, 0) is 0 Å². The van der Waals surface area contributed by atoms with Gasteiger partial charge in [0.2, 0.25) is 0 Å². The molecule has 0 radical (unpaired) electrons. The van der Waals surface area contributed by atoms with Gasteiger partial charge in [-0.15, -0.1) is 0 Å². The Labute approximate surface area is 146 Å². The summed E-state index contributed by atoms with van der Waals surface area (Å²) in [6, 6.07) is 12.6. The second-order valence-corrected chi connectivity index (χ2v) is 5.65. The Bertz CT molecular complexity index is 929. The van der Waals surface area contributed by atoms with Crippen LogP contribution in [0.5, 0.6) is 0 Å². The van der Waals surface area contributed by atoms with E-state index in [4.69, 9.17) is 28.2 Å². The highest BCUT2D eigenvalue weighted by Crippen LogP contribution is 2.22. The molecule has 0 spiro atoms. The molecule has 3 rings (SSSR count). The molecule has 0 saturated heterocycles. The van der Waals surface area contributed by atoms with Crippen molar-refractivity contribution in [1.82, 2.24) is 10.9 Å². The number of nitrogens with one attached hydrogen (secondary N) is 3. The van der Waals surface area contributed by atoms with Crippen molar-refractivity contribution >= 4 is 51.5 Å². The molecule has 0 atom stereocenters. The summed E-state index contributed by atoms with van der Waals surface area (Å²) in [6.45, 7) is 0. The summed E-state index contributed by atoms with van der Waals surface area (Å²) in [4.78, 5) is 12.1. The molecule has 5 nitrogen and oxygen atoms in total. The quantitative estimate of drug-likeness (QED) is 0.476. The van der Waals surface area contributed by atoms with E-state index >= 15 is 0 Å². The zero-order chi connectivity index (χ0) is 17.1. The molecule has 0 unspecified atom stereocenters. The fourth-order valence-electron chi connectivity index (χ4n) is 2.02. The van der Waals surface area contributed by atoms with Gasteiger partial charge in [-0.3, -0.25) is 15.6 Å². The maximum Gasteiger partial charge on any atom is 0.305 e. The van der Waals surface area contributed by atoms with E-state index in [1.165, 1.54) is 12.1 Å². The molecule has 8 heteroatoms. The molecular formula is C16H11ClFN3O2S. The lowest BCUT2D eigenvalue weighted by Gasteiger charge is -2.11. The number of halogens is 2. The van der Waals surface area contributed by atoms with Crippen LogP contribution in [-0.4, -0.2) is 11.0 Å². The number of benzene rings is 2. The molecule has 0 saturated carbocycles. The van der Waals surface area contributed by atoms with Crippen LogP contribution in [0.1, 0.15) is 10.6 Å². The molecule has 1 amide bonds. The number of anilines is 1. The van der Waals surface area contributed by atoms with Crippen molar-refractivity contribution in [3.8, 4) is 0 Å². The van der Waals surface area contributed by atoms with Gasteiger partial charge in [-0.25, -0.2) is 4.39 Å². The molecule has 24 heavy (non-hydrogen) atoms. The van der Waals surface area contributed by atoms with Crippen LogP contribution in [0.25, 0.3) is 11.0 Å². The summed E-state index contributed by atoms with van der Waals surface area (Å²) in [5, 5.41) is 3.92. The molecule has 1 aromatic heterocycles. The first-order valence-electron chi connectivity index (χ1n) is 6.84. The van der Waals surface area contributed by atoms with Crippen molar-refractivity contribution in [2.75, 3.05) is 5.32 Å². The summed E-state index contributed by atoms with van der Waals surface area (Å²) in [5.41, 5.74) is 5.59. The first-order valence-corrected chi connectivity index (χ1v) is 7.62. The largest absolute Gasteiger partial charge is 0.451 e. The van der Waals surface area contributed by atoms with Crippen molar-refractivity contribution in [2.24, 2.45) is 0 Å². The van der Waals surface area contributed by atoms with Crippen molar-refractivity contribution in [2.45, 2.75) is 0 Å². The van der Waals surface area contributed by atoms with Gasteiger partial charge < -0.3 is 9.73 Å². The molecule has 0 bridgehead atoms. The van der Waals surface area contributed by atoms with Gasteiger partial charge in [0.25, 0.3) is 0 Å². The smallest absolute Gasteiger partial charge is 0.305 e. The predicted molar refractivity (Wildman–Crippen MR) is 94.4 cm³/mol. The molecule has 3 N–H and O–H groups in total. The van der Waals surface area contributed by atoms with E-state index in [2.05, 4.69) is 16.2 Å². The summed E-state index contributed by atoms with van der Waals surface area (Å²) < 4.78 is 18.9. The highest BCUT2D eigenvalue weighted by atomic mass is 35.5. The number of hydrogen-bond acceptors (Lipinski definition) is 3. The average Bonchev–Trinajstić information content (AvgIpc) is 2.98. The van der Waals surface area contributed by atoms with E-state index in [0.717, 1.165) is 0 Å². The third kappa shape index (κ3) is 3.64. The van der Waals surface area contributed by atoms with E-state index < -0.39 is 11.7 Å². The van der Waals surface area contributed by atoms with Crippen LogP contribution in [0.4, 0.5) is 10.1 Å². The van der Waals surface area contributed by atoms with E-state index in [0.29, 0.717) is 16.0 Å². The highest BCUT2D eigenvalue weighted by molar-refractivity contribution is 7.80. The Hall–Kier alpha value is -2.64. The topological polar surface area (TPSA) is 66.3 Å². The van der Waals surface area contributed by atoms with E-state index in [-0.39, 0.29) is 16.6 Å². The zero-order valence-corrected chi connectivity index (χ0v) is 13.7. The van der Waals surface area contributed by atoms with Crippen molar-refractivity contribution < 1.29 is 13.6 Å². The zero-order valence-electron chi connectivity index (χ0n) is 12.1. The summed E-state index contributed by atoms with van der Waals surface area (Å²) in [5.74, 6) is -0.893. The lowest BCUT2D eigenvalue weighted by atomic mass is 10.2. The Morgan fingerprint density at radius 2 is 1.92 bits per heavy atom. The van der Waals surface area contributed by atoms with Crippen LogP contribution in [0.3, 0.4) is 0 Å². The van der Waals surface area contributed by atoms with Crippen LogP contribution < -0.4 is 16.2 Å².